The Bertz CT molecular complexity index is 1100. The van der Waals surface area contributed by atoms with Crippen LogP contribution < -0.4 is 10.5 Å². The Labute approximate surface area is 148 Å². The molecule has 0 fully saturated rings. The summed E-state index contributed by atoms with van der Waals surface area (Å²) in [5.41, 5.74) is 8.19. The highest BCUT2D eigenvalue weighted by molar-refractivity contribution is 5.97. The molecule has 0 amide bonds. The van der Waals surface area contributed by atoms with Crippen LogP contribution in [-0.4, -0.2) is 32.8 Å². The average Bonchev–Trinajstić information content (AvgIpc) is 3.25. The van der Waals surface area contributed by atoms with Gasteiger partial charge in [0.25, 0.3) is 0 Å². The average molecular weight is 349 g/mol. The number of para-hydroxylation sites is 2. The maximum Gasteiger partial charge on any atom is 0.199 e. The maximum atomic E-state index is 12.8. The van der Waals surface area contributed by atoms with E-state index in [1.165, 1.54) is 0 Å². The van der Waals surface area contributed by atoms with Crippen molar-refractivity contribution in [1.82, 2.24) is 19.9 Å². The molecule has 0 atom stereocenters. The third kappa shape index (κ3) is 2.67. The van der Waals surface area contributed by atoms with Crippen LogP contribution in [0.2, 0.25) is 0 Å². The van der Waals surface area contributed by atoms with Crippen molar-refractivity contribution in [2.75, 3.05) is 12.8 Å². The van der Waals surface area contributed by atoms with Crippen molar-refractivity contribution in [2.24, 2.45) is 0 Å². The monoisotopic (exact) mass is 349 g/mol. The first-order valence-corrected chi connectivity index (χ1v) is 7.88. The fraction of sp³-hybridized carbons (Fsp3) is 0.111. The molecule has 0 saturated carbocycles. The zero-order valence-corrected chi connectivity index (χ0v) is 13.9. The van der Waals surface area contributed by atoms with Crippen LogP contribution in [-0.2, 0) is 6.54 Å². The molecule has 2 aromatic carbocycles. The Kier molecular flexibility index (Phi) is 3.85. The number of carbonyl (C=O) groups is 1. The molecule has 8 nitrogen and oxygen atoms in total. The topological polar surface area (TPSA) is 109 Å². The van der Waals surface area contributed by atoms with Gasteiger partial charge in [0.2, 0.25) is 0 Å². The quantitative estimate of drug-likeness (QED) is 0.551. The van der Waals surface area contributed by atoms with Gasteiger partial charge in [-0.1, -0.05) is 24.3 Å². The smallest absolute Gasteiger partial charge is 0.199 e. The number of fused-ring (bicyclic) bond motifs is 1. The summed E-state index contributed by atoms with van der Waals surface area (Å²) in [5.74, 6) is 1.08. The van der Waals surface area contributed by atoms with Crippen molar-refractivity contribution in [2.45, 2.75) is 6.54 Å². The number of rotatable bonds is 5. The molecule has 2 N–H and O–H groups in total. The molecular formula is C18H15N5O3. The summed E-state index contributed by atoms with van der Waals surface area (Å²) >= 11 is 0. The Morgan fingerprint density at radius 3 is 2.81 bits per heavy atom. The Balaban J connectivity index is 1.80. The van der Waals surface area contributed by atoms with Crippen molar-refractivity contribution in [3.8, 4) is 17.3 Å². The van der Waals surface area contributed by atoms with Gasteiger partial charge in [-0.2, -0.15) is 0 Å². The Morgan fingerprint density at radius 1 is 1.19 bits per heavy atom. The number of Topliss-reactive ketones (excluding diaryl/α,β-unsaturated/α-hetero) is 1. The Hall–Kier alpha value is -3.68. The van der Waals surface area contributed by atoms with Crippen LogP contribution in [0.5, 0.6) is 5.75 Å². The molecule has 4 aromatic rings. The van der Waals surface area contributed by atoms with Gasteiger partial charge in [0.1, 0.15) is 5.75 Å². The van der Waals surface area contributed by atoms with E-state index in [2.05, 4.69) is 15.3 Å². The summed E-state index contributed by atoms with van der Waals surface area (Å²) in [6, 6.07) is 14.5. The van der Waals surface area contributed by atoms with E-state index in [1.54, 1.807) is 35.9 Å². The number of anilines is 1. The van der Waals surface area contributed by atoms with Gasteiger partial charge in [-0.05, 0) is 34.6 Å². The highest BCUT2D eigenvalue weighted by Crippen LogP contribution is 2.27. The molecule has 8 heteroatoms. The standard InChI is InChI=1S/C18H15N5O3/c1-25-12-6-4-5-11(9-12)15(24)10-23-14-8-3-2-7-13(14)20-18(23)16-17(19)22-26-21-16/h2-9H,10H2,1H3,(H2,19,22). The van der Waals surface area contributed by atoms with Crippen molar-refractivity contribution in [3.05, 3.63) is 54.1 Å². The number of carbonyl (C=O) groups excluding carboxylic acids is 1. The van der Waals surface area contributed by atoms with Gasteiger partial charge in [0, 0.05) is 5.56 Å². The van der Waals surface area contributed by atoms with Crippen LogP contribution in [0.3, 0.4) is 0 Å². The van der Waals surface area contributed by atoms with Crippen molar-refractivity contribution < 1.29 is 14.2 Å². The minimum atomic E-state index is -0.0941. The number of nitrogens with zero attached hydrogens (tertiary/aromatic N) is 4. The molecule has 0 spiro atoms. The first-order chi connectivity index (χ1) is 12.7. The zero-order chi connectivity index (χ0) is 18.1. The van der Waals surface area contributed by atoms with Gasteiger partial charge >= 0.3 is 0 Å². The molecule has 2 aromatic heterocycles. The van der Waals surface area contributed by atoms with Crippen molar-refractivity contribution in [1.29, 1.82) is 0 Å². The van der Waals surface area contributed by atoms with Crippen molar-refractivity contribution >= 4 is 22.6 Å². The predicted molar refractivity (Wildman–Crippen MR) is 94.8 cm³/mol. The zero-order valence-electron chi connectivity index (χ0n) is 13.9. The summed E-state index contributed by atoms with van der Waals surface area (Å²) in [6.45, 7) is 0.0648. The van der Waals surface area contributed by atoms with Crippen LogP contribution in [0.15, 0.2) is 53.2 Å². The van der Waals surface area contributed by atoms with E-state index in [0.717, 1.165) is 11.0 Å². The van der Waals surface area contributed by atoms with Gasteiger partial charge in [0.15, 0.2) is 23.1 Å². The number of aromatic nitrogens is 4. The first-order valence-electron chi connectivity index (χ1n) is 7.88. The second-order valence-electron chi connectivity index (χ2n) is 5.66. The lowest BCUT2D eigenvalue weighted by atomic mass is 10.1. The number of hydrogen-bond donors (Lipinski definition) is 1. The first kappa shape index (κ1) is 15.8. The third-order valence-electron chi connectivity index (χ3n) is 4.07. The second kappa shape index (κ2) is 6.32. The summed E-state index contributed by atoms with van der Waals surface area (Å²) in [7, 11) is 1.56. The van der Waals surface area contributed by atoms with Gasteiger partial charge in [-0.15, -0.1) is 0 Å². The minimum absolute atomic E-state index is 0.0648. The lowest BCUT2D eigenvalue weighted by molar-refractivity contribution is 0.0973. The number of imidazole rings is 1. The second-order valence-corrected chi connectivity index (χ2v) is 5.66. The number of ketones is 1. The number of methoxy groups -OCH3 is 1. The summed E-state index contributed by atoms with van der Waals surface area (Å²) in [4.78, 5) is 17.4. The minimum Gasteiger partial charge on any atom is -0.497 e. The number of nitrogen functional groups attached to an aromatic ring is 1. The van der Waals surface area contributed by atoms with Crippen LogP contribution in [0.25, 0.3) is 22.6 Å². The molecular weight excluding hydrogens is 334 g/mol. The van der Waals surface area contributed by atoms with E-state index in [0.29, 0.717) is 22.8 Å². The summed E-state index contributed by atoms with van der Waals surface area (Å²) in [5, 5.41) is 7.42. The molecule has 0 radical (unpaired) electrons. The van der Waals surface area contributed by atoms with E-state index in [-0.39, 0.29) is 18.1 Å². The largest absolute Gasteiger partial charge is 0.497 e. The van der Waals surface area contributed by atoms with Gasteiger partial charge in [-0.3, -0.25) is 4.79 Å². The molecule has 0 aliphatic rings. The van der Waals surface area contributed by atoms with Crippen LogP contribution in [0, 0.1) is 0 Å². The van der Waals surface area contributed by atoms with Gasteiger partial charge in [0.05, 0.1) is 24.7 Å². The highest BCUT2D eigenvalue weighted by Gasteiger charge is 2.21. The van der Waals surface area contributed by atoms with E-state index >= 15 is 0 Å². The van der Waals surface area contributed by atoms with E-state index < -0.39 is 0 Å². The molecule has 4 rings (SSSR count). The summed E-state index contributed by atoms with van der Waals surface area (Å²) in [6.07, 6.45) is 0. The Morgan fingerprint density at radius 2 is 2.04 bits per heavy atom. The lowest BCUT2D eigenvalue weighted by Gasteiger charge is -2.08. The van der Waals surface area contributed by atoms with Crippen LogP contribution in [0.4, 0.5) is 5.82 Å². The molecule has 0 bridgehead atoms. The lowest BCUT2D eigenvalue weighted by Crippen LogP contribution is -2.12. The molecule has 0 aliphatic carbocycles. The molecule has 0 aliphatic heterocycles. The van der Waals surface area contributed by atoms with Crippen molar-refractivity contribution in [3.63, 3.8) is 0 Å². The summed E-state index contributed by atoms with van der Waals surface area (Å²) < 4.78 is 11.6. The normalized spacial score (nSPS) is 11.0. The SMILES string of the molecule is COc1cccc(C(=O)Cn2c(-c3nonc3N)nc3ccccc32)c1. The number of ether oxygens (including phenoxy) is 1. The number of nitrogens with two attached hydrogens (primary N) is 1. The highest BCUT2D eigenvalue weighted by atomic mass is 16.6. The van der Waals surface area contributed by atoms with Gasteiger partial charge < -0.3 is 15.0 Å². The fourth-order valence-corrected chi connectivity index (χ4v) is 2.80. The van der Waals surface area contributed by atoms with E-state index in [4.69, 9.17) is 15.1 Å². The van der Waals surface area contributed by atoms with Crippen LogP contribution in [0.1, 0.15) is 10.4 Å². The third-order valence-corrected chi connectivity index (χ3v) is 4.07. The number of benzene rings is 2. The predicted octanol–water partition coefficient (Wildman–Crippen LogP) is 2.56. The maximum absolute atomic E-state index is 12.8. The molecule has 2 heterocycles. The van der Waals surface area contributed by atoms with E-state index in [1.807, 2.05) is 24.3 Å². The molecule has 26 heavy (non-hydrogen) atoms. The molecule has 0 saturated heterocycles. The van der Waals surface area contributed by atoms with Crippen LogP contribution >= 0.6 is 0 Å². The molecule has 130 valence electrons. The fourth-order valence-electron chi connectivity index (χ4n) is 2.80. The number of hydrogen-bond acceptors (Lipinski definition) is 7. The van der Waals surface area contributed by atoms with E-state index in [9.17, 15) is 4.79 Å². The van der Waals surface area contributed by atoms with Gasteiger partial charge in [-0.25, -0.2) is 9.61 Å². The molecule has 0 unspecified atom stereocenters.